The Balaban J connectivity index is 1.05. The molecule has 0 saturated carbocycles. The molecule has 0 unspecified atom stereocenters. The van der Waals surface area contributed by atoms with Gasteiger partial charge in [-0.3, -0.25) is 0 Å². The molecular formula is C54H34N4. The number of hydrogen-bond acceptors (Lipinski definition) is 2. The number of fused-ring (bicyclic) bond motifs is 11. The molecule has 270 valence electrons. The van der Waals surface area contributed by atoms with Crippen LogP contribution in [-0.2, 0) is 0 Å². The van der Waals surface area contributed by atoms with Crippen molar-refractivity contribution in [2.45, 2.75) is 0 Å². The van der Waals surface area contributed by atoms with Gasteiger partial charge in [-0.05, 0) is 76.8 Å². The molecule has 0 bridgehead atoms. The van der Waals surface area contributed by atoms with E-state index in [4.69, 9.17) is 9.97 Å². The maximum atomic E-state index is 5.10. The average Bonchev–Trinajstić information content (AvgIpc) is 3.83. The molecule has 4 nitrogen and oxygen atoms in total. The fourth-order valence-electron chi connectivity index (χ4n) is 9.12. The van der Waals surface area contributed by atoms with Gasteiger partial charge in [0.1, 0.15) is 0 Å². The number of para-hydroxylation sites is 3. The number of rotatable bonds is 5. The average molecular weight is 739 g/mol. The van der Waals surface area contributed by atoms with Gasteiger partial charge in [0.15, 0.2) is 5.82 Å². The first-order chi connectivity index (χ1) is 28.8. The lowest BCUT2D eigenvalue weighted by Gasteiger charge is -2.13. The Hall–Kier alpha value is -7.82. The molecule has 0 fully saturated rings. The van der Waals surface area contributed by atoms with Crippen LogP contribution >= 0.6 is 0 Å². The van der Waals surface area contributed by atoms with Crippen molar-refractivity contribution < 1.29 is 0 Å². The van der Waals surface area contributed by atoms with Crippen molar-refractivity contribution in [3.05, 3.63) is 206 Å². The van der Waals surface area contributed by atoms with Crippen LogP contribution in [0.2, 0.25) is 0 Å². The van der Waals surface area contributed by atoms with E-state index >= 15 is 0 Å². The predicted octanol–water partition coefficient (Wildman–Crippen LogP) is 14.0. The molecule has 9 aromatic carbocycles. The Bertz CT molecular complexity index is 3470. The molecule has 0 aliphatic heterocycles. The maximum Gasteiger partial charge on any atom is 0.160 e. The minimum atomic E-state index is 0.700. The van der Waals surface area contributed by atoms with Gasteiger partial charge in [0, 0.05) is 55.0 Å². The second-order valence-electron chi connectivity index (χ2n) is 15.0. The van der Waals surface area contributed by atoms with Crippen molar-refractivity contribution in [2.24, 2.45) is 0 Å². The highest BCUT2D eigenvalue weighted by Gasteiger charge is 2.19. The minimum Gasteiger partial charge on any atom is -0.309 e. The van der Waals surface area contributed by atoms with E-state index in [1.54, 1.807) is 0 Å². The monoisotopic (exact) mass is 738 g/mol. The van der Waals surface area contributed by atoms with Crippen LogP contribution in [0.3, 0.4) is 0 Å². The Morgan fingerprint density at radius 3 is 1.45 bits per heavy atom. The van der Waals surface area contributed by atoms with Gasteiger partial charge in [-0.25, -0.2) is 9.97 Å². The van der Waals surface area contributed by atoms with E-state index in [-0.39, 0.29) is 0 Å². The summed E-state index contributed by atoms with van der Waals surface area (Å²) in [5, 5.41) is 9.98. The molecule has 58 heavy (non-hydrogen) atoms. The summed E-state index contributed by atoms with van der Waals surface area (Å²) < 4.78 is 4.82. The van der Waals surface area contributed by atoms with Crippen molar-refractivity contribution in [1.29, 1.82) is 0 Å². The Morgan fingerprint density at radius 2 is 0.776 bits per heavy atom. The van der Waals surface area contributed by atoms with Gasteiger partial charge >= 0.3 is 0 Å². The topological polar surface area (TPSA) is 35.6 Å². The van der Waals surface area contributed by atoms with Gasteiger partial charge in [0.25, 0.3) is 0 Å². The van der Waals surface area contributed by atoms with Gasteiger partial charge < -0.3 is 9.13 Å². The molecule has 0 radical (unpaired) electrons. The SMILES string of the molecule is c1ccc(-c2cc(-c3ccccc3)nc(-c3ccc(-n4c5ccccc5c5ccc6c7ccc8c(c7ccc6c54)c4ccccc4n8-c4ccccc4)cc3)n2)cc1. The third-order valence-electron chi connectivity index (χ3n) is 11.7. The fourth-order valence-corrected chi connectivity index (χ4v) is 9.12. The summed E-state index contributed by atoms with van der Waals surface area (Å²) in [6.45, 7) is 0. The van der Waals surface area contributed by atoms with Crippen LogP contribution in [0.4, 0.5) is 0 Å². The highest BCUT2D eigenvalue weighted by atomic mass is 15.0. The number of hydrogen-bond donors (Lipinski definition) is 0. The molecule has 12 rings (SSSR count). The van der Waals surface area contributed by atoms with Crippen molar-refractivity contribution in [3.63, 3.8) is 0 Å². The van der Waals surface area contributed by atoms with E-state index in [2.05, 4.69) is 203 Å². The van der Waals surface area contributed by atoms with Gasteiger partial charge in [0.2, 0.25) is 0 Å². The van der Waals surface area contributed by atoms with Crippen LogP contribution in [0.15, 0.2) is 206 Å². The molecule has 3 heterocycles. The number of benzene rings is 9. The molecule has 3 aromatic heterocycles. The largest absolute Gasteiger partial charge is 0.309 e. The molecule has 0 saturated heterocycles. The molecular weight excluding hydrogens is 705 g/mol. The summed E-state index contributed by atoms with van der Waals surface area (Å²) in [5.41, 5.74) is 11.9. The number of nitrogens with zero attached hydrogens (tertiary/aromatic N) is 4. The van der Waals surface area contributed by atoms with E-state index in [9.17, 15) is 0 Å². The van der Waals surface area contributed by atoms with Crippen LogP contribution < -0.4 is 0 Å². The standard InChI is InChI=1S/C54H34N4/c1-4-14-35(15-5-1)47-34-48(36-16-6-2-7-17-36)56-54(55-47)37-24-26-39(27-25-37)58-49-22-12-10-20-42(49)45-30-28-41-40-32-33-51-52(43(40)29-31-44(41)53(45)58)46-21-11-13-23-50(46)57(51)38-18-8-3-9-19-38/h1-34H. The highest BCUT2D eigenvalue weighted by Crippen LogP contribution is 2.43. The molecule has 0 aliphatic rings. The second-order valence-corrected chi connectivity index (χ2v) is 15.0. The molecule has 12 aromatic rings. The minimum absolute atomic E-state index is 0.700. The first-order valence-corrected chi connectivity index (χ1v) is 19.8. The first kappa shape index (κ1) is 32.4. The summed E-state index contributed by atoms with van der Waals surface area (Å²) in [6.07, 6.45) is 0. The smallest absolute Gasteiger partial charge is 0.160 e. The molecule has 0 amide bonds. The normalized spacial score (nSPS) is 11.8. The quantitative estimate of drug-likeness (QED) is 0.165. The van der Waals surface area contributed by atoms with Crippen molar-refractivity contribution in [3.8, 4) is 45.3 Å². The fraction of sp³-hybridized carbons (Fsp3) is 0. The lowest BCUT2D eigenvalue weighted by atomic mass is 9.96. The third-order valence-corrected chi connectivity index (χ3v) is 11.7. The van der Waals surface area contributed by atoms with Crippen molar-refractivity contribution >= 4 is 65.2 Å². The van der Waals surface area contributed by atoms with Crippen molar-refractivity contribution in [2.75, 3.05) is 0 Å². The van der Waals surface area contributed by atoms with Gasteiger partial charge in [0.05, 0.1) is 33.5 Å². The van der Waals surface area contributed by atoms with E-state index < -0.39 is 0 Å². The summed E-state index contributed by atoms with van der Waals surface area (Å²) in [6, 6.07) is 73.7. The Morgan fingerprint density at radius 1 is 0.293 bits per heavy atom. The van der Waals surface area contributed by atoms with Crippen LogP contribution in [0.1, 0.15) is 0 Å². The third kappa shape index (κ3) is 4.95. The van der Waals surface area contributed by atoms with E-state index in [0.717, 1.165) is 39.5 Å². The van der Waals surface area contributed by atoms with Crippen LogP contribution in [0, 0.1) is 0 Å². The molecule has 0 spiro atoms. The zero-order chi connectivity index (χ0) is 38.2. The molecule has 4 heteroatoms. The van der Waals surface area contributed by atoms with Crippen LogP contribution in [0.25, 0.3) is 110 Å². The zero-order valence-corrected chi connectivity index (χ0v) is 31.4. The van der Waals surface area contributed by atoms with Crippen LogP contribution in [0.5, 0.6) is 0 Å². The van der Waals surface area contributed by atoms with Gasteiger partial charge in [-0.2, -0.15) is 0 Å². The maximum absolute atomic E-state index is 5.10. The molecule has 0 aliphatic carbocycles. The van der Waals surface area contributed by atoms with E-state index in [1.165, 1.54) is 65.2 Å². The van der Waals surface area contributed by atoms with Crippen LogP contribution in [-0.4, -0.2) is 19.1 Å². The zero-order valence-electron chi connectivity index (χ0n) is 31.4. The summed E-state index contributed by atoms with van der Waals surface area (Å²) >= 11 is 0. The highest BCUT2D eigenvalue weighted by molar-refractivity contribution is 6.29. The second kappa shape index (κ2) is 12.9. The van der Waals surface area contributed by atoms with E-state index in [0.29, 0.717) is 5.82 Å². The predicted molar refractivity (Wildman–Crippen MR) is 242 cm³/mol. The Kier molecular flexibility index (Phi) is 7.20. The Labute approximate surface area is 334 Å². The number of aromatic nitrogens is 4. The summed E-state index contributed by atoms with van der Waals surface area (Å²) in [5.74, 6) is 0.700. The lowest BCUT2D eigenvalue weighted by molar-refractivity contribution is 1.17. The van der Waals surface area contributed by atoms with Gasteiger partial charge in [-0.15, -0.1) is 0 Å². The summed E-state index contributed by atoms with van der Waals surface area (Å²) in [4.78, 5) is 10.2. The lowest BCUT2D eigenvalue weighted by Crippen LogP contribution is -1.97. The molecule has 0 atom stereocenters. The molecule has 0 N–H and O–H groups in total. The van der Waals surface area contributed by atoms with Gasteiger partial charge in [-0.1, -0.05) is 146 Å². The van der Waals surface area contributed by atoms with Crippen molar-refractivity contribution in [1.82, 2.24) is 19.1 Å². The summed E-state index contributed by atoms with van der Waals surface area (Å²) in [7, 11) is 0. The van der Waals surface area contributed by atoms with E-state index in [1.807, 2.05) is 12.1 Å². The first-order valence-electron chi connectivity index (χ1n) is 19.8.